The van der Waals surface area contributed by atoms with Crippen LogP contribution in [0.4, 0.5) is 5.69 Å². The Morgan fingerprint density at radius 2 is 2.12 bits per heavy atom. The molecular formula is C18H18N4O2. The van der Waals surface area contributed by atoms with Gasteiger partial charge in [0.1, 0.15) is 5.75 Å². The largest absolute Gasteiger partial charge is 0.482 e. The predicted molar refractivity (Wildman–Crippen MR) is 92.1 cm³/mol. The molecule has 2 N–H and O–H groups in total. The fraction of sp³-hybridized carbons (Fsp3) is 0.222. The summed E-state index contributed by atoms with van der Waals surface area (Å²) >= 11 is 0. The first-order valence-corrected chi connectivity index (χ1v) is 7.97. The van der Waals surface area contributed by atoms with Crippen LogP contribution in [0.1, 0.15) is 5.56 Å². The minimum atomic E-state index is -0.00818. The van der Waals surface area contributed by atoms with Crippen LogP contribution in [0.15, 0.2) is 48.7 Å². The lowest BCUT2D eigenvalue weighted by molar-refractivity contribution is -0.121. The number of rotatable bonds is 5. The zero-order valence-corrected chi connectivity index (χ0v) is 13.2. The number of carbonyl (C=O) groups excluding carboxylic acids is 1. The number of aromatic amines is 1. The number of hydrogen-bond donors (Lipinski definition) is 2. The van der Waals surface area contributed by atoms with Crippen molar-refractivity contribution in [1.29, 1.82) is 0 Å². The quantitative estimate of drug-likeness (QED) is 0.706. The Labute approximate surface area is 139 Å². The van der Waals surface area contributed by atoms with Crippen molar-refractivity contribution >= 4 is 22.5 Å². The number of nitrogens with zero attached hydrogens (tertiary/aromatic N) is 2. The molecule has 0 bridgehead atoms. The molecule has 1 aliphatic rings. The van der Waals surface area contributed by atoms with Gasteiger partial charge in [-0.15, -0.1) is 0 Å². The van der Waals surface area contributed by atoms with Gasteiger partial charge in [-0.1, -0.05) is 30.3 Å². The van der Waals surface area contributed by atoms with E-state index in [2.05, 4.69) is 21.6 Å². The molecule has 24 heavy (non-hydrogen) atoms. The Bertz CT molecular complexity index is 874. The number of anilines is 1. The van der Waals surface area contributed by atoms with Crippen LogP contribution in [0.25, 0.3) is 10.9 Å². The highest BCUT2D eigenvalue weighted by Crippen LogP contribution is 2.30. The number of fused-ring (bicyclic) bond motifs is 2. The Morgan fingerprint density at radius 3 is 3.08 bits per heavy atom. The third-order valence-electron chi connectivity index (χ3n) is 4.20. The molecule has 0 atom stereocenters. The van der Waals surface area contributed by atoms with Gasteiger partial charge in [0.15, 0.2) is 6.61 Å². The minimum Gasteiger partial charge on any atom is -0.482 e. The van der Waals surface area contributed by atoms with Crippen LogP contribution in [0.5, 0.6) is 5.75 Å². The SMILES string of the molecule is O=C1COc2ccccc2N1CCNCc1cccc2cn[nH]c12. The van der Waals surface area contributed by atoms with E-state index in [0.29, 0.717) is 13.1 Å². The lowest BCUT2D eigenvalue weighted by Gasteiger charge is -2.29. The van der Waals surface area contributed by atoms with E-state index in [1.807, 2.05) is 42.6 Å². The first kappa shape index (κ1) is 14.7. The van der Waals surface area contributed by atoms with Crippen molar-refractivity contribution in [1.82, 2.24) is 15.5 Å². The van der Waals surface area contributed by atoms with E-state index in [9.17, 15) is 4.79 Å². The molecule has 3 aromatic rings. The average molecular weight is 322 g/mol. The van der Waals surface area contributed by atoms with Crippen molar-refractivity contribution in [3.8, 4) is 5.75 Å². The van der Waals surface area contributed by atoms with Crippen molar-refractivity contribution in [3.63, 3.8) is 0 Å². The molecule has 1 aromatic heterocycles. The number of ether oxygens (including phenoxy) is 1. The maximum atomic E-state index is 12.1. The summed E-state index contributed by atoms with van der Waals surface area (Å²) in [6.07, 6.45) is 1.82. The lowest BCUT2D eigenvalue weighted by atomic mass is 10.1. The topological polar surface area (TPSA) is 70.2 Å². The van der Waals surface area contributed by atoms with Crippen LogP contribution < -0.4 is 15.0 Å². The van der Waals surface area contributed by atoms with Crippen LogP contribution in [0, 0.1) is 0 Å². The second-order valence-electron chi connectivity index (χ2n) is 5.73. The third-order valence-corrected chi connectivity index (χ3v) is 4.20. The first-order valence-electron chi connectivity index (χ1n) is 7.97. The van der Waals surface area contributed by atoms with E-state index in [1.54, 1.807) is 4.90 Å². The predicted octanol–water partition coefficient (Wildman–Crippen LogP) is 2.08. The van der Waals surface area contributed by atoms with Gasteiger partial charge in [0.05, 0.1) is 17.4 Å². The van der Waals surface area contributed by atoms with E-state index in [0.717, 1.165) is 28.9 Å². The van der Waals surface area contributed by atoms with Crippen molar-refractivity contribution in [2.24, 2.45) is 0 Å². The lowest BCUT2D eigenvalue weighted by Crippen LogP contribution is -2.42. The highest BCUT2D eigenvalue weighted by Gasteiger charge is 2.24. The summed E-state index contributed by atoms with van der Waals surface area (Å²) < 4.78 is 5.46. The van der Waals surface area contributed by atoms with Gasteiger partial charge in [-0.3, -0.25) is 9.89 Å². The van der Waals surface area contributed by atoms with Gasteiger partial charge in [0.25, 0.3) is 5.91 Å². The van der Waals surface area contributed by atoms with Crippen molar-refractivity contribution in [2.45, 2.75) is 6.54 Å². The maximum Gasteiger partial charge on any atom is 0.265 e. The minimum absolute atomic E-state index is 0.00818. The van der Waals surface area contributed by atoms with E-state index < -0.39 is 0 Å². The van der Waals surface area contributed by atoms with Gasteiger partial charge < -0.3 is 15.0 Å². The molecule has 0 fully saturated rings. The standard InChI is InChI=1S/C18H18N4O2/c23-17-12-24-16-7-2-1-6-15(16)22(17)9-8-19-10-13-4-3-5-14-11-20-21-18(13)14/h1-7,11,19H,8-10,12H2,(H,20,21). The smallest absolute Gasteiger partial charge is 0.265 e. The molecule has 0 saturated heterocycles. The first-order chi connectivity index (χ1) is 11.8. The zero-order valence-electron chi connectivity index (χ0n) is 13.2. The Balaban J connectivity index is 1.39. The molecular weight excluding hydrogens is 304 g/mol. The van der Waals surface area contributed by atoms with Crippen molar-refractivity contribution in [3.05, 3.63) is 54.2 Å². The number of H-pyrrole nitrogens is 1. The summed E-state index contributed by atoms with van der Waals surface area (Å²) in [7, 11) is 0. The van der Waals surface area contributed by atoms with Gasteiger partial charge in [-0.05, 0) is 17.7 Å². The number of hydrogen-bond acceptors (Lipinski definition) is 4. The van der Waals surface area contributed by atoms with E-state index in [4.69, 9.17) is 4.74 Å². The molecule has 0 saturated carbocycles. The Morgan fingerprint density at radius 1 is 1.21 bits per heavy atom. The Kier molecular flexibility index (Phi) is 3.88. The fourth-order valence-electron chi connectivity index (χ4n) is 2.99. The van der Waals surface area contributed by atoms with Crippen LogP contribution in [0.2, 0.25) is 0 Å². The van der Waals surface area contributed by atoms with Crippen LogP contribution in [-0.2, 0) is 11.3 Å². The highest BCUT2D eigenvalue weighted by atomic mass is 16.5. The summed E-state index contributed by atoms with van der Waals surface area (Å²) in [6.45, 7) is 2.13. The molecule has 122 valence electrons. The van der Waals surface area contributed by atoms with Crippen LogP contribution >= 0.6 is 0 Å². The monoisotopic (exact) mass is 322 g/mol. The number of aromatic nitrogens is 2. The molecule has 4 rings (SSSR count). The molecule has 1 aliphatic heterocycles. The third kappa shape index (κ3) is 2.72. The van der Waals surface area contributed by atoms with Gasteiger partial charge in [0, 0.05) is 25.0 Å². The summed E-state index contributed by atoms with van der Waals surface area (Å²) in [5, 5.41) is 11.6. The van der Waals surface area contributed by atoms with E-state index in [1.165, 1.54) is 5.56 Å². The van der Waals surface area contributed by atoms with Gasteiger partial charge in [-0.25, -0.2) is 0 Å². The molecule has 6 nitrogen and oxygen atoms in total. The average Bonchev–Trinajstić information content (AvgIpc) is 3.09. The number of nitrogens with one attached hydrogen (secondary N) is 2. The molecule has 2 aromatic carbocycles. The van der Waals surface area contributed by atoms with Gasteiger partial charge in [0.2, 0.25) is 0 Å². The molecule has 0 aliphatic carbocycles. The normalized spacial score (nSPS) is 13.8. The zero-order chi connectivity index (χ0) is 16.4. The molecule has 6 heteroatoms. The second-order valence-corrected chi connectivity index (χ2v) is 5.73. The molecule has 1 amide bonds. The van der Waals surface area contributed by atoms with Crippen LogP contribution in [0.3, 0.4) is 0 Å². The second kappa shape index (κ2) is 6.33. The summed E-state index contributed by atoms with van der Waals surface area (Å²) in [5.74, 6) is 0.755. The van der Waals surface area contributed by atoms with Crippen LogP contribution in [-0.4, -0.2) is 35.8 Å². The maximum absolute atomic E-state index is 12.1. The number of carbonyl (C=O) groups is 1. The number of para-hydroxylation sites is 3. The van der Waals surface area contributed by atoms with E-state index >= 15 is 0 Å². The van der Waals surface area contributed by atoms with E-state index in [-0.39, 0.29) is 12.5 Å². The molecule has 0 spiro atoms. The fourth-order valence-corrected chi connectivity index (χ4v) is 2.99. The summed E-state index contributed by atoms with van der Waals surface area (Å²) in [6, 6.07) is 13.8. The number of amides is 1. The Hall–Kier alpha value is -2.86. The van der Waals surface area contributed by atoms with Crippen molar-refractivity contribution in [2.75, 3.05) is 24.6 Å². The highest BCUT2D eigenvalue weighted by molar-refractivity contribution is 5.97. The van der Waals surface area contributed by atoms with Gasteiger partial charge in [-0.2, -0.15) is 5.10 Å². The molecule has 0 unspecified atom stereocenters. The van der Waals surface area contributed by atoms with Crippen molar-refractivity contribution < 1.29 is 9.53 Å². The molecule has 0 radical (unpaired) electrons. The summed E-state index contributed by atoms with van der Waals surface area (Å²) in [4.78, 5) is 13.9. The molecule has 2 heterocycles. The van der Waals surface area contributed by atoms with Gasteiger partial charge >= 0.3 is 0 Å². The number of benzene rings is 2. The summed E-state index contributed by atoms with van der Waals surface area (Å²) in [5.41, 5.74) is 3.06.